The number of carbonyl (C=O) groups is 2. The largest absolute Gasteiger partial charge is 0.497 e. The molecule has 2 fully saturated rings. The van der Waals surface area contributed by atoms with E-state index >= 15 is 0 Å². The van der Waals surface area contributed by atoms with Gasteiger partial charge in [-0.15, -0.1) is 0 Å². The van der Waals surface area contributed by atoms with E-state index in [1.54, 1.807) is 14.2 Å². The van der Waals surface area contributed by atoms with E-state index in [2.05, 4.69) is 27.7 Å². The van der Waals surface area contributed by atoms with Gasteiger partial charge in [-0.2, -0.15) is 0 Å². The summed E-state index contributed by atoms with van der Waals surface area (Å²) < 4.78 is 10.9. The second-order valence-electron chi connectivity index (χ2n) is 8.76. The Hall–Kier alpha value is -3.06. The zero-order valence-electron chi connectivity index (χ0n) is 18.9. The summed E-state index contributed by atoms with van der Waals surface area (Å²) in [5, 5.41) is 6.17. The van der Waals surface area contributed by atoms with Crippen molar-refractivity contribution in [2.45, 2.75) is 44.2 Å². The van der Waals surface area contributed by atoms with Crippen LogP contribution in [-0.2, 0) is 16.1 Å². The van der Waals surface area contributed by atoms with Gasteiger partial charge in [-0.1, -0.05) is 18.2 Å². The molecule has 7 heteroatoms. The molecule has 4 rings (SSSR count). The third-order valence-electron chi connectivity index (χ3n) is 6.55. The number of hydrogen-bond acceptors (Lipinski definition) is 5. The Morgan fingerprint density at radius 2 is 1.97 bits per heavy atom. The van der Waals surface area contributed by atoms with E-state index in [9.17, 15) is 9.59 Å². The van der Waals surface area contributed by atoms with Gasteiger partial charge in [-0.25, -0.2) is 0 Å². The van der Waals surface area contributed by atoms with Crippen molar-refractivity contribution in [1.29, 1.82) is 0 Å². The molecule has 2 atom stereocenters. The molecule has 2 aliphatic heterocycles. The van der Waals surface area contributed by atoms with Gasteiger partial charge in [0, 0.05) is 56.2 Å². The highest BCUT2D eigenvalue weighted by molar-refractivity contribution is 5.88. The molecule has 0 aromatic heterocycles. The molecule has 0 unspecified atom stereocenters. The monoisotopic (exact) mass is 437 g/mol. The highest BCUT2D eigenvalue weighted by Gasteiger charge is 2.49. The Morgan fingerprint density at radius 3 is 2.62 bits per heavy atom. The molecule has 2 saturated heterocycles. The van der Waals surface area contributed by atoms with Crippen molar-refractivity contribution in [2.24, 2.45) is 0 Å². The maximum Gasteiger partial charge on any atom is 0.221 e. The quantitative estimate of drug-likeness (QED) is 0.725. The van der Waals surface area contributed by atoms with E-state index in [1.165, 1.54) is 12.5 Å². The van der Waals surface area contributed by atoms with Crippen LogP contribution in [0.15, 0.2) is 42.5 Å². The van der Waals surface area contributed by atoms with E-state index in [4.69, 9.17) is 9.47 Å². The van der Waals surface area contributed by atoms with Crippen molar-refractivity contribution in [2.75, 3.05) is 32.6 Å². The number of likely N-dealkylation sites (tertiary alicyclic amines) is 1. The first-order valence-corrected chi connectivity index (χ1v) is 11.0. The lowest BCUT2D eigenvalue weighted by Crippen LogP contribution is -2.56. The van der Waals surface area contributed by atoms with Crippen LogP contribution in [0.1, 0.15) is 43.2 Å². The number of hydrogen-bond donors (Lipinski definition) is 2. The van der Waals surface area contributed by atoms with Gasteiger partial charge >= 0.3 is 0 Å². The second kappa shape index (κ2) is 9.20. The number of nitrogens with zero attached hydrogens (tertiary/aromatic N) is 1. The maximum absolute atomic E-state index is 12.4. The highest BCUT2D eigenvalue weighted by atomic mass is 16.5. The zero-order valence-corrected chi connectivity index (χ0v) is 18.9. The van der Waals surface area contributed by atoms with Gasteiger partial charge < -0.3 is 20.1 Å². The van der Waals surface area contributed by atoms with Crippen LogP contribution in [0.25, 0.3) is 0 Å². The van der Waals surface area contributed by atoms with Crippen LogP contribution in [0.3, 0.4) is 0 Å². The summed E-state index contributed by atoms with van der Waals surface area (Å²) in [6.07, 6.45) is 2.43. The Bertz CT molecular complexity index is 991. The lowest BCUT2D eigenvalue weighted by molar-refractivity contribution is -0.125. The van der Waals surface area contributed by atoms with E-state index in [0.29, 0.717) is 6.42 Å². The van der Waals surface area contributed by atoms with Crippen molar-refractivity contribution in [3.05, 3.63) is 53.6 Å². The Morgan fingerprint density at radius 1 is 1.19 bits per heavy atom. The minimum atomic E-state index is -0.287. The Kier molecular flexibility index (Phi) is 6.37. The number of carbonyl (C=O) groups excluding carboxylic acids is 2. The van der Waals surface area contributed by atoms with E-state index in [0.717, 1.165) is 55.2 Å². The third kappa shape index (κ3) is 4.58. The number of amides is 2. The fourth-order valence-electron chi connectivity index (χ4n) is 5.12. The van der Waals surface area contributed by atoms with Crippen LogP contribution in [0.5, 0.6) is 11.5 Å². The molecular formula is C25H31N3O4. The van der Waals surface area contributed by atoms with Gasteiger partial charge in [0.2, 0.25) is 11.8 Å². The average molecular weight is 438 g/mol. The first-order chi connectivity index (χ1) is 15.4. The summed E-state index contributed by atoms with van der Waals surface area (Å²) in [5.74, 6) is 1.77. The van der Waals surface area contributed by atoms with Crippen LogP contribution in [0.4, 0.5) is 5.69 Å². The summed E-state index contributed by atoms with van der Waals surface area (Å²) in [7, 11) is 3.32. The summed E-state index contributed by atoms with van der Waals surface area (Å²) in [6.45, 7) is 3.84. The summed E-state index contributed by atoms with van der Waals surface area (Å²) in [6, 6.07) is 13.9. The van der Waals surface area contributed by atoms with Gasteiger partial charge in [-0.3, -0.25) is 14.5 Å². The smallest absolute Gasteiger partial charge is 0.221 e. The predicted octanol–water partition coefficient (Wildman–Crippen LogP) is 3.30. The number of ether oxygens (including phenoxy) is 2. The maximum atomic E-state index is 12.4. The van der Waals surface area contributed by atoms with E-state index in [-0.39, 0.29) is 23.3 Å². The first-order valence-electron chi connectivity index (χ1n) is 11.0. The fraction of sp³-hybridized carbons (Fsp3) is 0.440. The molecule has 0 bridgehead atoms. The molecule has 0 aliphatic carbocycles. The normalized spacial score (nSPS) is 23.1. The van der Waals surface area contributed by atoms with Crippen molar-refractivity contribution < 1.29 is 19.1 Å². The third-order valence-corrected chi connectivity index (χ3v) is 6.55. The summed E-state index contributed by atoms with van der Waals surface area (Å²) in [4.78, 5) is 26.2. The van der Waals surface area contributed by atoms with Gasteiger partial charge in [0.1, 0.15) is 11.5 Å². The average Bonchev–Trinajstić information content (AvgIpc) is 3.10. The van der Waals surface area contributed by atoms with Crippen molar-refractivity contribution >= 4 is 17.5 Å². The molecule has 7 nitrogen and oxygen atoms in total. The van der Waals surface area contributed by atoms with Crippen molar-refractivity contribution in [3.8, 4) is 11.5 Å². The topological polar surface area (TPSA) is 79.9 Å². The van der Waals surface area contributed by atoms with E-state index in [1.807, 2.05) is 30.3 Å². The first kappa shape index (κ1) is 22.1. The van der Waals surface area contributed by atoms with Crippen LogP contribution in [0.2, 0.25) is 0 Å². The molecule has 2 heterocycles. The van der Waals surface area contributed by atoms with Gasteiger partial charge in [-0.05, 0) is 36.6 Å². The number of piperidine rings is 1. The number of anilines is 1. The molecule has 32 heavy (non-hydrogen) atoms. The molecule has 2 N–H and O–H groups in total. The number of methoxy groups -OCH3 is 2. The van der Waals surface area contributed by atoms with Crippen molar-refractivity contribution in [1.82, 2.24) is 10.2 Å². The highest BCUT2D eigenvalue weighted by Crippen LogP contribution is 2.42. The van der Waals surface area contributed by atoms with Crippen molar-refractivity contribution in [3.63, 3.8) is 0 Å². The van der Waals surface area contributed by atoms with Gasteiger partial charge in [0.05, 0.1) is 19.8 Å². The molecule has 2 amide bonds. The lowest BCUT2D eigenvalue weighted by atomic mass is 9.76. The Labute approximate surface area is 189 Å². The number of benzene rings is 2. The molecule has 2 aromatic carbocycles. The SMILES string of the molecule is COc1ccc(CN2C[C@@H](c3ccc(NC(C)=O)cc3)[C@@]3(CCCC(=O)N3)C2)c(OC)c1. The number of nitrogens with one attached hydrogen (secondary N) is 2. The standard InChI is InChI=1S/C25H31N3O4/c1-17(29)26-20-9-6-18(7-10-20)22-15-28(16-25(22)12-4-5-24(30)27-25)14-19-8-11-21(31-2)13-23(19)32-3/h6-11,13,22H,4-5,12,14-16H2,1-3H3,(H,26,29)(H,27,30)/t22-,25+/m0/s1. The molecular weight excluding hydrogens is 406 g/mol. The predicted molar refractivity (Wildman–Crippen MR) is 123 cm³/mol. The fourth-order valence-corrected chi connectivity index (χ4v) is 5.12. The minimum absolute atomic E-state index is 0.0887. The summed E-state index contributed by atoms with van der Waals surface area (Å²) >= 11 is 0. The molecule has 0 radical (unpaired) electrons. The molecule has 0 saturated carbocycles. The number of rotatable bonds is 6. The minimum Gasteiger partial charge on any atom is -0.497 e. The van der Waals surface area contributed by atoms with Crippen LogP contribution < -0.4 is 20.1 Å². The second-order valence-corrected chi connectivity index (χ2v) is 8.76. The zero-order chi connectivity index (χ0) is 22.7. The summed E-state index contributed by atoms with van der Waals surface area (Å²) in [5.41, 5.74) is 2.75. The molecule has 2 aliphatic rings. The molecule has 170 valence electrons. The van der Waals surface area contributed by atoms with Crippen LogP contribution >= 0.6 is 0 Å². The Balaban J connectivity index is 1.60. The van der Waals surface area contributed by atoms with Crippen LogP contribution in [-0.4, -0.2) is 49.6 Å². The lowest BCUT2D eigenvalue weighted by Gasteiger charge is -2.39. The van der Waals surface area contributed by atoms with Gasteiger partial charge in [0.25, 0.3) is 0 Å². The van der Waals surface area contributed by atoms with Gasteiger partial charge in [0.15, 0.2) is 0 Å². The van der Waals surface area contributed by atoms with E-state index < -0.39 is 0 Å². The molecule has 1 spiro atoms. The van der Waals surface area contributed by atoms with Crippen LogP contribution in [0, 0.1) is 0 Å². The molecule has 2 aromatic rings.